The maximum absolute atomic E-state index is 12.2. The second-order valence-corrected chi connectivity index (χ2v) is 6.73. The summed E-state index contributed by atoms with van der Waals surface area (Å²) in [6.07, 6.45) is 4.01. The molecule has 2 aliphatic rings. The quantitative estimate of drug-likeness (QED) is 0.766. The molecule has 5 unspecified atom stereocenters. The van der Waals surface area contributed by atoms with Crippen LogP contribution >= 0.6 is 0 Å². The highest BCUT2D eigenvalue weighted by molar-refractivity contribution is 5.74. The van der Waals surface area contributed by atoms with Gasteiger partial charge in [-0.25, -0.2) is 4.79 Å². The third-order valence-electron chi connectivity index (χ3n) is 4.95. The third-order valence-corrected chi connectivity index (χ3v) is 4.95. The normalized spacial score (nSPS) is 40.0. The van der Waals surface area contributed by atoms with Crippen molar-refractivity contribution in [1.82, 2.24) is 10.2 Å². The standard InChI is InChI=1S/C15H28N2O2/c1-10-4-5-13(12(3)8-10)16-15(19)17-7-6-11(2)14(18)9-17/h10-14,18H,4-9H2,1-3H3,(H,16,19). The lowest BCUT2D eigenvalue weighted by molar-refractivity contribution is 0.0419. The maximum Gasteiger partial charge on any atom is 0.317 e. The van der Waals surface area contributed by atoms with E-state index in [0.717, 1.165) is 25.3 Å². The van der Waals surface area contributed by atoms with Gasteiger partial charge in [0.1, 0.15) is 0 Å². The predicted octanol–water partition coefficient (Wildman–Crippen LogP) is 2.22. The molecule has 1 heterocycles. The van der Waals surface area contributed by atoms with Gasteiger partial charge in [-0.3, -0.25) is 0 Å². The molecule has 1 aliphatic carbocycles. The monoisotopic (exact) mass is 268 g/mol. The van der Waals surface area contributed by atoms with Crippen LogP contribution in [0.3, 0.4) is 0 Å². The van der Waals surface area contributed by atoms with Gasteiger partial charge in [-0.1, -0.05) is 20.8 Å². The minimum Gasteiger partial charge on any atom is -0.391 e. The Bertz CT molecular complexity index is 321. The molecule has 0 bridgehead atoms. The molecule has 19 heavy (non-hydrogen) atoms. The number of amides is 2. The van der Waals surface area contributed by atoms with Crippen LogP contribution in [0.1, 0.15) is 46.5 Å². The van der Waals surface area contributed by atoms with E-state index in [4.69, 9.17) is 0 Å². The molecule has 0 aromatic carbocycles. The Morgan fingerprint density at radius 3 is 2.53 bits per heavy atom. The van der Waals surface area contributed by atoms with E-state index in [1.54, 1.807) is 4.90 Å². The van der Waals surface area contributed by atoms with Crippen molar-refractivity contribution in [2.45, 2.75) is 58.6 Å². The first kappa shape index (κ1) is 14.6. The first-order valence-electron chi connectivity index (χ1n) is 7.71. The van der Waals surface area contributed by atoms with Crippen molar-refractivity contribution < 1.29 is 9.90 Å². The van der Waals surface area contributed by atoms with E-state index in [1.807, 2.05) is 6.92 Å². The lowest BCUT2D eigenvalue weighted by atomic mass is 9.80. The van der Waals surface area contributed by atoms with Crippen LogP contribution in [0.25, 0.3) is 0 Å². The second-order valence-electron chi connectivity index (χ2n) is 6.73. The van der Waals surface area contributed by atoms with Crippen LogP contribution in [0, 0.1) is 17.8 Å². The number of carbonyl (C=O) groups excluding carboxylic acids is 1. The number of carbonyl (C=O) groups is 1. The van der Waals surface area contributed by atoms with Crippen LogP contribution in [-0.4, -0.2) is 41.3 Å². The van der Waals surface area contributed by atoms with E-state index in [0.29, 0.717) is 24.4 Å². The molecule has 110 valence electrons. The van der Waals surface area contributed by atoms with Crippen molar-refractivity contribution in [2.24, 2.45) is 17.8 Å². The molecule has 2 fully saturated rings. The van der Waals surface area contributed by atoms with Crippen LogP contribution in [-0.2, 0) is 0 Å². The van der Waals surface area contributed by atoms with E-state index in [9.17, 15) is 9.90 Å². The van der Waals surface area contributed by atoms with Crippen molar-refractivity contribution in [2.75, 3.05) is 13.1 Å². The molecular weight excluding hydrogens is 240 g/mol. The van der Waals surface area contributed by atoms with Gasteiger partial charge in [-0.2, -0.15) is 0 Å². The number of nitrogens with zero attached hydrogens (tertiary/aromatic N) is 1. The van der Waals surface area contributed by atoms with Crippen molar-refractivity contribution in [3.05, 3.63) is 0 Å². The molecule has 1 aliphatic heterocycles. The van der Waals surface area contributed by atoms with Gasteiger partial charge in [0.15, 0.2) is 0 Å². The zero-order valence-electron chi connectivity index (χ0n) is 12.4. The number of urea groups is 1. The molecule has 5 atom stereocenters. The fourth-order valence-corrected chi connectivity index (χ4v) is 3.36. The van der Waals surface area contributed by atoms with Gasteiger partial charge < -0.3 is 15.3 Å². The smallest absolute Gasteiger partial charge is 0.317 e. The zero-order chi connectivity index (χ0) is 14.0. The molecule has 2 amide bonds. The van der Waals surface area contributed by atoms with Gasteiger partial charge in [0.25, 0.3) is 0 Å². The summed E-state index contributed by atoms with van der Waals surface area (Å²) in [5.74, 6) is 1.64. The molecular formula is C15H28N2O2. The molecule has 0 spiro atoms. The summed E-state index contributed by atoms with van der Waals surface area (Å²) in [5.41, 5.74) is 0. The number of likely N-dealkylation sites (tertiary alicyclic amines) is 1. The highest BCUT2D eigenvalue weighted by Crippen LogP contribution is 2.28. The Morgan fingerprint density at radius 2 is 1.89 bits per heavy atom. The van der Waals surface area contributed by atoms with Crippen LogP contribution in [0.4, 0.5) is 4.79 Å². The molecule has 0 aromatic rings. The maximum atomic E-state index is 12.2. The Kier molecular flexibility index (Phi) is 4.71. The molecule has 0 aromatic heterocycles. The Labute approximate surface area is 116 Å². The molecule has 4 nitrogen and oxygen atoms in total. The van der Waals surface area contributed by atoms with Gasteiger partial charge in [-0.15, -0.1) is 0 Å². The molecule has 1 saturated carbocycles. The minimum atomic E-state index is -0.372. The molecule has 4 heteroatoms. The summed E-state index contributed by atoms with van der Waals surface area (Å²) >= 11 is 0. The Hall–Kier alpha value is -0.770. The fourth-order valence-electron chi connectivity index (χ4n) is 3.36. The van der Waals surface area contributed by atoms with Crippen LogP contribution in [0.15, 0.2) is 0 Å². The van der Waals surface area contributed by atoms with E-state index in [-0.39, 0.29) is 12.1 Å². The fraction of sp³-hybridized carbons (Fsp3) is 0.933. The number of aliphatic hydroxyl groups is 1. The SMILES string of the molecule is CC1CCC(NC(=O)N2CCC(C)C(O)C2)C(C)C1. The average molecular weight is 268 g/mol. The summed E-state index contributed by atoms with van der Waals surface area (Å²) < 4.78 is 0. The van der Waals surface area contributed by atoms with E-state index in [1.165, 1.54) is 12.8 Å². The van der Waals surface area contributed by atoms with Crippen molar-refractivity contribution in [3.63, 3.8) is 0 Å². The van der Waals surface area contributed by atoms with E-state index >= 15 is 0 Å². The Balaban J connectivity index is 1.84. The van der Waals surface area contributed by atoms with Crippen molar-refractivity contribution in [3.8, 4) is 0 Å². The van der Waals surface area contributed by atoms with Crippen LogP contribution in [0.2, 0.25) is 0 Å². The summed E-state index contributed by atoms with van der Waals surface area (Å²) in [4.78, 5) is 14.0. The van der Waals surface area contributed by atoms with Crippen molar-refractivity contribution >= 4 is 6.03 Å². The highest BCUT2D eigenvalue weighted by Gasteiger charge is 2.31. The first-order chi connectivity index (χ1) is 8.97. The number of aliphatic hydroxyl groups excluding tert-OH is 1. The van der Waals surface area contributed by atoms with Gasteiger partial charge in [0, 0.05) is 19.1 Å². The van der Waals surface area contributed by atoms with Gasteiger partial charge >= 0.3 is 6.03 Å². The molecule has 2 rings (SSSR count). The van der Waals surface area contributed by atoms with E-state index < -0.39 is 0 Å². The van der Waals surface area contributed by atoms with Gasteiger partial charge in [0.2, 0.25) is 0 Å². The number of rotatable bonds is 1. The zero-order valence-corrected chi connectivity index (χ0v) is 12.4. The lowest BCUT2D eigenvalue weighted by Gasteiger charge is -2.38. The summed E-state index contributed by atoms with van der Waals surface area (Å²) in [6.45, 7) is 7.81. The summed E-state index contributed by atoms with van der Waals surface area (Å²) in [5, 5.41) is 13.0. The summed E-state index contributed by atoms with van der Waals surface area (Å²) in [7, 11) is 0. The van der Waals surface area contributed by atoms with Gasteiger partial charge in [0.05, 0.1) is 6.10 Å². The third kappa shape index (κ3) is 3.62. The minimum absolute atomic E-state index is 0.0114. The number of hydrogen-bond donors (Lipinski definition) is 2. The first-order valence-corrected chi connectivity index (χ1v) is 7.71. The topological polar surface area (TPSA) is 52.6 Å². The summed E-state index contributed by atoms with van der Waals surface area (Å²) in [6, 6.07) is 0.317. The number of nitrogens with one attached hydrogen (secondary N) is 1. The largest absolute Gasteiger partial charge is 0.391 e. The molecule has 0 radical (unpaired) electrons. The lowest BCUT2D eigenvalue weighted by Crippen LogP contribution is -2.53. The van der Waals surface area contributed by atoms with Crippen molar-refractivity contribution in [1.29, 1.82) is 0 Å². The number of β-amino-alcohol motifs (C(OH)–C–C–N with tert-alkyl or cyclic N) is 1. The molecule has 2 N–H and O–H groups in total. The average Bonchev–Trinajstić information content (AvgIpc) is 2.36. The van der Waals surface area contributed by atoms with Gasteiger partial charge in [-0.05, 0) is 43.4 Å². The van der Waals surface area contributed by atoms with Crippen LogP contribution < -0.4 is 5.32 Å². The second kappa shape index (κ2) is 6.12. The van der Waals surface area contributed by atoms with E-state index in [2.05, 4.69) is 19.2 Å². The molecule has 1 saturated heterocycles. The van der Waals surface area contributed by atoms with Crippen LogP contribution in [0.5, 0.6) is 0 Å². The number of hydrogen-bond acceptors (Lipinski definition) is 2. The Morgan fingerprint density at radius 1 is 1.16 bits per heavy atom. The predicted molar refractivity (Wildman–Crippen MR) is 75.9 cm³/mol. The highest BCUT2D eigenvalue weighted by atomic mass is 16.3. The number of piperidine rings is 1.